The van der Waals surface area contributed by atoms with E-state index in [0.29, 0.717) is 5.75 Å². The lowest BCUT2D eigenvalue weighted by Gasteiger charge is -2.26. The molecule has 0 heterocycles. The number of carbonyl (C=O) groups excluding carboxylic acids is 2. The highest BCUT2D eigenvalue weighted by Gasteiger charge is 2.47. The zero-order valence-corrected chi connectivity index (χ0v) is 15.2. The van der Waals surface area contributed by atoms with Crippen molar-refractivity contribution in [1.29, 1.82) is 0 Å². The minimum atomic E-state index is -1.84. The molecule has 0 aliphatic heterocycles. The van der Waals surface area contributed by atoms with Crippen LogP contribution in [-0.2, 0) is 25.5 Å². The maximum atomic E-state index is 12.3. The molecule has 0 saturated carbocycles. The summed E-state index contributed by atoms with van der Waals surface area (Å²) in [6.07, 6.45) is 0.790. The van der Waals surface area contributed by atoms with Gasteiger partial charge in [0, 0.05) is 0 Å². The van der Waals surface area contributed by atoms with Crippen LogP contribution in [0.25, 0.3) is 11.1 Å². The van der Waals surface area contributed by atoms with Gasteiger partial charge in [0.1, 0.15) is 5.75 Å². The molecule has 5 nitrogen and oxygen atoms in total. The van der Waals surface area contributed by atoms with Crippen molar-refractivity contribution < 1.29 is 23.8 Å². The summed E-state index contributed by atoms with van der Waals surface area (Å²) in [6.45, 7) is 5.03. The molecule has 0 spiro atoms. The van der Waals surface area contributed by atoms with Crippen LogP contribution >= 0.6 is 0 Å². The molecule has 0 fully saturated rings. The summed E-state index contributed by atoms with van der Waals surface area (Å²) in [6, 6.07) is 13.8. The normalized spacial score (nSPS) is 12.1. The maximum absolute atomic E-state index is 12.3. The molecule has 1 aliphatic carbocycles. The molecule has 0 atom stereocenters. The first-order valence-electron chi connectivity index (χ1n) is 8.74. The number of rotatable bonds is 6. The quantitative estimate of drug-likeness (QED) is 0.501. The van der Waals surface area contributed by atoms with E-state index in [1.807, 2.05) is 24.3 Å². The number of carbonyl (C=O) groups is 2. The van der Waals surface area contributed by atoms with Gasteiger partial charge in [-0.15, -0.1) is 0 Å². The van der Waals surface area contributed by atoms with Gasteiger partial charge in [-0.05, 0) is 61.6 Å². The lowest BCUT2D eigenvalue weighted by Crippen LogP contribution is -2.51. The van der Waals surface area contributed by atoms with E-state index in [0.717, 1.165) is 17.5 Å². The molecule has 136 valence electrons. The van der Waals surface area contributed by atoms with Gasteiger partial charge in [0.05, 0.1) is 13.2 Å². The van der Waals surface area contributed by atoms with Crippen LogP contribution < -0.4 is 4.74 Å². The first kappa shape index (κ1) is 18.0. The molecule has 0 N–H and O–H groups in total. The van der Waals surface area contributed by atoms with E-state index in [-0.39, 0.29) is 13.2 Å². The van der Waals surface area contributed by atoms with Gasteiger partial charge in [0.2, 0.25) is 0 Å². The summed E-state index contributed by atoms with van der Waals surface area (Å²) >= 11 is 0. The molecule has 0 amide bonds. The molecule has 0 radical (unpaired) electrons. The zero-order chi connectivity index (χ0) is 18.7. The molecule has 2 aromatic carbocycles. The lowest BCUT2D eigenvalue weighted by molar-refractivity contribution is -0.177. The Morgan fingerprint density at radius 1 is 0.923 bits per heavy atom. The number of fused-ring (bicyclic) bond motifs is 3. The van der Waals surface area contributed by atoms with Crippen molar-refractivity contribution in [2.24, 2.45) is 0 Å². The van der Waals surface area contributed by atoms with Gasteiger partial charge in [0.25, 0.3) is 5.60 Å². The summed E-state index contributed by atoms with van der Waals surface area (Å²) in [4.78, 5) is 24.7. The molecule has 0 bridgehead atoms. The fraction of sp³-hybridized carbons (Fsp3) is 0.333. The minimum Gasteiger partial charge on any atom is -0.464 e. The largest absolute Gasteiger partial charge is 0.464 e. The van der Waals surface area contributed by atoms with Crippen LogP contribution in [0, 0.1) is 0 Å². The molecular formula is C21H22O5. The van der Waals surface area contributed by atoms with Gasteiger partial charge in [0.15, 0.2) is 0 Å². The summed E-state index contributed by atoms with van der Waals surface area (Å²) in [5.74, 6) is -1.09. The third kappa shape index (κ3) is 3.17. The molecule has 0 unspecified atom stereocenters. The van der Waals surface area contributed by atoms with Gasteiger partial charge in [-0.3, -0.25) is 0 Å². The first-order valence-corrected chi connectivity index (χ1v) is 8.74. The van der Waals surface area contributed by atoms with Crippen LogP contribution in [-0.4, -0.2) is 30.8 Å². The van der Waals surface area contributed by atoms with Crippen LogP contribution in [0.15, 0.2) is 42.5 Å². The van der Waals surface area contributed by atoms with E-state index in [1.54, 1.807) is 19.9 Å². The summed E-state index contributed by atoms with van der Waals surface area (Å²) in [7, 11) is 0. The van der Waals surface area contributed by atoms with Crippen molar-refractivity contribution in [2.75, 3.05) is 13.2 Å². The highest BCUT2D eigenvalue weighted by molar-refractivity contribution is 6.03. The Kier molecular flexibility index (Phi) is 4.98. The first-order chi connectivity index (χ1) is 12.5. The summed E-state index contributed by atoms with van der Waals surface area (Å²) < 4.78 is 15.9. The number of hydrogen-bond acceptors (Lipinski definition) is 5. The zero-order valence-electron chi connectivity index (χ0n) is 15.2. The number of hydrogen-bond donors (Lipinski definition) is 0. The van der Waals surface area contributed by atoms with Crippen molar-refractivity contribution in [3.05, 3.63) is 53.6 Å². The number of esters is 2. The van der Waals surface area contributed by atoms with Crippen LogP contribution in [0.2, 0.25) is 0 Å². The monoisotopic (exact) mass is 354 g/mol. The van der Waals surface area contributed by atoms with Crippen LogP contribution in [0.5, 0.6) is 5.75 Å². The SMILES string of the molecule is CCOC(=O)C(C)(Oc1ccc2c(c1)Cc1ccccc1-2)C(=O)OCC. The third-order valence-electron chi connectivity index (χ3n) is 4.42. The third-order valence-corrected chi connectivity index (χ3v) is 4.42. The van der Waals surface area contributed by atoms with Crippen LogP contribution in [0.1, 0.15) is 31.9 Å². The molecule has 1 aliphatic rings. The van der Waals surface area contributed by atoms with Crippen molar-refractivity contribution in [1.82, 2.24) is 0 Å². The van der Waals surface area contributed by atoms with E-state index in [4.69, 9.17) is 14.2 Å². The van der Waals surface area contributed by atoms with Gasteiger partial charge in [-0.25, -0.2) is 9.59 Å². The standard InChI is InChI=1S/C21H22O5/c1-4-24-19(22)21(3,20(23)25-5-2)26-16-10-11-18-15(13-16)12-14-8-6-7-9-17(14)18/h6-11,13H,4-5,12H2,1-3H3. The number of benzene rings is 2. The van der Waals surface area contributed by atoms with Crippen molar-refractivity contribution in [2.45, 2.75) is 32.8 Å². The van der Waals surface area contributed by atoms with E-state index >= 15 is 0 Å². The highest BCUT2D eigenvalue weighted by atomic mass is 16.6. The Balaban J connectivity index is 1.90. The average molecular weight is 354 g/mol. The summed E-state index contributed by atoms with van der Waals surface area (Å²) in [5, 5.41) is 0. The van der Waals surface area contributed by atoms with Gasteiger partial charge < -0.3 is 14.2 Å². The Morgan fingerprint density at radius 2 is 1.54 bits per heavy atom. The summed E-state index contributed by atoms with van der Waals surface area (Å²) in [5.41, 5.74) is 2.85. The Bertz CT molecular complexity index is 822. The topological polar surface area (TPSA) is 61.8 Å². The van der Waals surface area contributed by atoms with Gasteiger partial charge >= 0.3 is 11.9 Å². The van der Waals surface area contributed by atoms with E-state index in [9.17, 15) is 9.59 Å². The molecule has 2 aromatic rings. The predicted octanol–water partition coefficient (Wildman–Crippen LogP) is 3.52. The Hall–Kier alpha value is -2.82. The fourth-order valence-electron chi connectivity index (χ4n) is 3.12. The Labute approximate surface area is 152 Å². The second-order valence-electron chi connectivity index (χ2n) is 6.23. The highest BCUT2D eigenvalue weighted by Crippen LogP contribution is 2.38. The molecule has 0 saturated heterocycles. The number of ether oxygens (including phenoxy) is 3. The second kappa shape index (κ2) is 7.20. The minimum absolute atomic E-state index is 0.149. The van der Waals surface area contributed by atoms with Crippen molar-refractivity contribution in [3.8, 4) is 16.9 Å². The molecular weight excluding hydrogens is 332 g/mol. The Morgan fingerprint density at radius 3 is 2.19 bits per heavy atom. The van der Waals surface area contributed by atoms with Crippen molar-refractivity contribution >= 4 is 11.9 Å². The molecule has 0 aromatic heterocycles. The fourth-order valence-corrected chi connectivity index (χ4v) is 3.12. The van der Waals surface area contributed by atoms with Crippen LogP contribution in [0.3, 0.4) is 0 Å². The van der Waals surface area contributed by atoms with E-state index in [2.05, 4.69) is 12.1 Å². The second-order valence-corrected chi connectivity index (χ2v) is 6.23. The smallest absolute Gasteiger partial charge is 0.362 e. The van der Waals surface area contributed by atoms with Crippen LogP contribution in [0.4, 0.5) is 0 Å². The van der Waals surface area contributed by atoms with Crippen molar-refractivity contribution in [3.63, 3.8) is 0 Å². The lowest BCUT2D eigenvalue weighted by atomic mass is 10.0. The molecule has 3 rings (SSSR count). The maximum Gasteiger partial charge on any atom is 0.362 e. The van der Waals surface area contributed by atoms with E-state index in [1.165, 1.54) is 18.1 Å². The van der Waals surface area contributed by atoms with Gasteiger partial charge in [-0.2, -0.15) is 0 Å². The molecule has 26 heavy (non-hydrogen) atoms. The predicted molar refractivity (Wildman–Crippen MR) is 97.0 cm³/mol. The molecule has 5 heteroatoms. The van der Waals surface area contributed by atoms with Gasteiger partial charge in [-0.1, -0.05) is 30.3 Å². The average Bonchev–Trinajstić information content (AvgIpc) is 2.99. The van der Waals surface area contributed by atoms with E-state index < -0.39 is 17.5 Å².